The molecule has 3 aromatic rings. The van der Waals surface area contributed by atoms with Crippen LogP contribution >= 0.6 is 0 Å². The number of anilines is 1. The first kappa shape index (κ1) is 16.1. The van der Waals surface area contributed by atoms with Crippen LogP contribution in [0.15, 0.2) is 65.8 Å². The molecule has 0 fully saturated rings. The van der Waals surface area contributed by atoms with Gasteiger partial charge < -0.3 is 0 Å². The summed E-state index contributed by atoms with van der Waals surface area (Å²) in [6.45, 7) is 3.88. The van der Waals surface area contributed by atoms with Crippen LogP contribution in [0.4, 0.5) is 5.95 Å². The average Bonchev–Trinajstić information content (AvgIpc) is 3.01. The first-order valence-electron chi connectivity index (χ1n) is 8.49. The van der Waals surface area contributed by atoms with Crippen molar-refractivity contribution in [3.63, 3.8) is 0 Å². The van der Waals surface area contributed by atoms with E-state index in [0.29, 0.717) is 12.4 Å². The maximum atomic E-state index is 12.3. The van der Waals surface area contributed by atoms with Crippen molar-refractivity contribution in [2.45, 2.75) is 20.3 Å². The Labute approximate surface area is 152 Å². The number of nitrogens with zero attached hydrogens (tertiary/aromatic N) is 4. The molecular weight excluding hydrogens is 324 g/mol. The molecule has 128 valence electrons. The molecule has 0 radical (unpaired) electrons. The third kappa shape index (κ3) is 3.11. The van der Waals surface area contributed by atoms with E-state index in [1.54, 1.807) is 0 Å². The van der Waals surface area contributed by atoms with Gasteiger partial charge in [-0.15, -0.1) is 0 Å². The Morgan fingerprint density at radius 3 is 2.04 bits per heavy atom. The minimum Gasteiger partial charge on any atom is -0.272 e. The normalized spacial score (nSPS) is 13.8. The number of hydrazone groups is 1. The molecule has 0 aliphatic carbocycles. The maximum absolute atomic E-state index is 12.3. The van der Waals surface area contributed by atoms with Crippen LogP contribution in [-0.4, -0.2) is 21.6 Å². The smallest absolute Gasteiger partial charge is 0.255 e. The van der Waals surface area contributed by atoms with Gasteiger partial charge in [0, 0.05) is 16.8 Å². The van der Waals surface area contributed by atoms with Gasteiger partial charge in [0.1, 0.15) is 0 Å². The molecule has 0 bridgehead atoms. The Morgan fingerprint density at radius 2 is 1.46 bits per heavy atom. The number of hydrogen-bond acceptors (Lipinski definition) is 4. The van der Waals surface area contributed by atoms with Crippen LogP contribution in [0.3, 0.4) is 0 Å². The molecule has 0 unspecified atom stereocenters. The lowest BCUT2D eigenvalue weighted by molar-refractivity contribution is -0.117. The molecule has 1 aliphatic rings. The van der Waals surface area contributed by atoms with Crippen molar-refractivity contribution in [1.29, 1.82) is 0 Å². The van der Waals surface area contributed by atoms with Gasteiger partial charge in [0.2, 0.25) is 0 Å². The quantitative estimate of drug-likeness (QED) is 0.715. The molecule has 0 saturated heterocycles. The Hall–Kier alpha value is -3.34. The topological polar surface area (TPSA) is 58.5 Å². The Balaban J connectivity index is 1.87. The molecule has 2 heterocycles. The third-order valence-electron chi connectivity index (χ3n) is 4.23. The highest BCUT2D eigenvalue weighted by molar-refractivity contribution is 6.11. The van der Waals surface area contributed by atoms with E-state index in [2.05, 4.69) is 15.1 Å². The Bertz CT molecular complexity index is 994. The van der Waals surface area contributed by atoms with Crippen molar-refractivity contribution in [2.75, 3.05) is 5.01 Å². The summed E-state index contributed by atoms with van der Waals surface area (Å²) in [4.78, 5) is 21.5. The fraction of sp³-hybridized carbons (Fsp3) is 0.143. The van der Waals surface area contributed by atoms with Gasteiger partial charge in [0.05, 0.1) is 17.8 Å². The standard InChI is InChI=1S/C21H18N4O/c1-14-8-10-17(11-9-14)19-13-18(16-6-4-3-5-7-16)22-21(23-19)25-20(26)12-15(2)24-25/h3-11,13H,12H2,1-2H3. The molecule has 0 atom stereocenters. The van der Waals surface area contributed by atoms with Gasteiger partial charge in [-0.2, -0.15) is 10.1 Å². The van der Waals surface area contributed by atoms with Gasteiger partial charge in [-0.1, -0.05) is 60.2 Å². The fourth-order valence-corrected chi connectivity index (χ4v) is 2.87. The molecule has 1 aliphatic heterocycles. The molecular formula is C21H18N4O. The second-order valence-electron chi connectivity index (χ2n) is 6.39. The second-order valence-corrected chi connectivity index (χ2v) is 6.39. The van der Waals surface area contributed by atoms with Crippen LogP contribution in [0.1, 0.15) is 18.9 Å². The molecule has 5 heteroatoms. The number of benzene rings is 2. The van der Waals surface area contributed by atoms with Crippen molar-refractivity contribution in [1.82, 2.24) is 9.97 Å². The van der Waals surface area contributed by atoms with Crippen LogP contribution in [-0.2, 0) is 4.79 Å². The van der Waals surface area contributed by atoms with Gasteiger partial charge in [-0.25, -0.2) is 9.97 Å². The molecule has 2 aromatic carbocycles. The van der Waals surface area contributed by atoms with E-state index in [1.807, 2.05) is 74.5 Å². The lowest BCUT2D eigenvalue weighted by Crippen LogP contribution is -2.22. The van der Waals surface area contributed by atoms with Gasteiger partial charge in [-0.3, -0.25) is 4.79 Å². The molecule has 1 amide bonds. The predicted molar refractivity (Wildman–Crippen MR) is 103 cm³/mol. The molecule has 0 spiro atoms. The molecule has 0 N–H and O–H groups in total. The van der Waals surface area contributed by atoms with Crippen LogP contribution in [0, 0.1) is 6.92 Å². The zero-order chi connectivity index (χ0) is 18.1. The van der Waals surface area contributed by atoms with E-state index in [0.717, 1.165) is 28.2 Å². The summed E-state index contributed by atoms with van der Waals surface area (Å²) < 4.78 is 0. The van der Waals surface area contributed by atoms with Crippen LogP contribution in [0.5, 0.6) is 0 Å². The maximum Gasteiger partial charge on any atom is 0.255 e. The van der Waals surface area contributed by atoms with Crippen molar-refractivity contribution >= 4 is 17.6 Å². The van der Waals surface area contributed by atoms with Crippen molar-refractivity contribution < 1.29 is 4.79 Å². The van der Waals surface area contributed by atoms with Crippen molar-refractivity contribution in [3.05, 3.63) is 66.2 Å². The lowest BCUT2D eigenvalue weighted by atomic mass is 10.1. The van der Waals surface area contributed by atoms with Gasteiger partial charge in [0.25, 0.3) is 11.9 Å². The van der Waals surface area contributed by atoms with Gasteiger partial charge in [-0.05, 0) is 19.9 Å². The number of amides is 1. The monoisotopic (exact) mass is 342 g/mol. The summed E-state index contributed by atoms with van der Waals surface area (Å²) in [6, 6.07) is 20.0. The molecule has 5 nitrogen and oxygen atoms in total. The average molecular weight is 342 g/mol. The Morgan fingerprint density at radius 1 is 0.846 bits per heavy atom. The molecule has 1 aromatic heterocycles. The summed E-state index contributed by atoms with van der Waals surface area (Å²) in [5.74, 6) is 0.200. The number of hydrogen-bond donors (Lipinski definition) is 0. The van der Waals surface area contributed by atoms with Gasteiger partial charge >= 0.3 is 0 Å². The zero-order valence-corrected chi connectivity index (χ0v) is 14.7. The van der Waals surface area contributed by atoms with E-state index in [9.17, 15) is 4.79 Å². The van der Waals surface area contributed by atoms with Crippen molar-refractivity contribution in [2.24, 2.45) is 5.10 Å². The summed E-state index contributed by atoms with van der Waals surface area (Å²) >= 11 is 0. The van der Waals surface area contributed by atoms with Gasteiger partial charge in [0.15, 0.2) is 0 Å². The second kappa shape index (κ2) is 6.52. The summed E-state index contributed by atoms with van der Waals surface area (Å²) in [6.07, 6.45) is 0.304. The SMILES string of the molecule is CC1=NN(c2nc(-c3ccccc3)cc(-c3ccc(C)cc3)n2)C(=O)C1. The minimum atomic E-state index is -0.109. The third-order valence-corrected chi connectivity index (χ3v) is 4.23. The highest BCUT2D eigenvalue weighted by atomic mass is 16.2. The minimum absolute atomic E-state index is 0.109. The summed E-state index contributed by atoms with van der Waals surface area (Å²) in [5, 5.41) is 5.60. The van der Waals surface area contributed by atoms with E-state index < -0.39 is 0 Å². The zero-order valence-electron chi connectivity index (χ0n) is 14.7. The fourth-order valence-electron chi connectivity index (χ4n) is 2.87. The summed E-state index contributed by atoms with van der Waals surface area (Å²) in [5.41, 5.74) is 5.42. The van der Waals surface area contributed by atoms with E-state index in [4.69, 9.17) is 0 Å². The Kier molecular flexibility index (Phi) is 4.05. The number of aryl methyl sites for hydroxylation is 1. The number of carbonyl (C=O) groups excluding carboxylic acids is 1. The van der Waals surface area contributed by atoms with E-state index in [-0.39, 0.29) is 5.91 Å². The lowest BCUT2D eigenvalue weighted by Gasteiger charge is -2.13. The van der Waals surface area contributed by atoms with Crippen LogP contribution in [0.25, 0.3) is 22.5 Å². The highest BCUT2D eigenvalue weighted by Gasteiger charge is 2.26. The number of rotatable bonds is 3. The van der Waals surface area contributed by atoms with E-state index in [1.165, 1.54) is 10.6 Å². The molecule has 4 rings (SSSR count). The number of aromatic nitrogens is 2. The molecule has 26 heavy (non-hydrogen) atoms. The summed E-state index contributed by atoms with van der Waals surface area (Å²) in [7, 11) is 0. The van der Waals surface area contributed by atoms with Crippen LogP contribution < -0.4 is 5.01 Å². The first-order chi connectivity index (χ1) is 12.6. The van der Waals surface area contributed by atoms with Crippen LogP contribution in [0.2, 0.25) is 0 Å². The highest BCUT2D eigenvalue weighted by Crippen LogP contribution is 2.28. The first-order valence-corrected chi connectivity index (χ1v) is 8.49. The van der Waals surface area contributed by atoms with Crippen molar-refractivity contribution in [3.8, 4) is 22.5 Å². The van der Waals surface area contributed by atoms with E-state index >= 15 is 0 Å². The predicted octanol–water partition coefficient (Wildman–Crippen LogP) is 4.23. The largest absolute Gasteiger partial charge is 0.272 e. The molecule has 0 saturated carbocycles. The number of carbonyl (C=O) groups is 1.